The van der Waals surface area contributed by atoms with Gasteiger partial charge in [-0.25, -0.2) is 13.9 Å². The second-order valence-electron chi connectivity index (χ2n) is 8.87. The monoisotopic (exact) mass is 507 g/mol. The van der Waals surface area contributed by atoms with E-state index in [4.69, 9.17) is 0 Å². The highest BCUT2D eigenvalue weighted by molar-refractivity contribution is 7.99. The summed E-state index contributed by atoms with van der Waals surface area (Å²) in [5.41, 5.74) is 3.45. The Morgan fingerprint density at radius 1 is 1.19 bits per heavy atom. The van der Waals surface area contributed by atoms with Gasteiger partial charge in [0.25, 0.3) is 0 Å². The molecule has 0 aromatic carbocycles. The van der Waals surface area contributed by atoms with Crippen molar-refractivity contribution in [3.63, 3.8) is 0 Å². The number of fused-ring (bicyclic) bond motifs is 1. The van der Waals surface area contributed by atoms with Crippen LogP contribution in [-0.4, -0.2) is 36.3 Å². The van der Waals surface area contributed by atoms with Crippen molar-refractivity contribution in [2.75, 3.05) is 0 Å². The van der Waals surface area contributed by atoms with E-state index in [0.29, 0.717) is 16.0 Å². The third kappa shape index (κ3) is 4.56. The molecule has 0 saturated heterocycles. The van der Waals surface area contributed by atoms with Gasteiger partial charge >= 0.3 is 0 Å². The van der Waals surface area contributed by atoms with Gasteiger partial charge in [-0.05, 0) is 50.8 Å². The molecule has 0 spiro atoms. The molecule has 5 rings (SSSR count). The van der Waals surface area contributed by atoms with E-state index in [1.54, 1.807) is 16.9 Å². The summed E-state index contributed by atoms with van der Waals surface area (Å²) >= 11 is 0.947. The number of nitrogens with one attached hydrogen (secondary N) is 1. The number of hydrogen-bond acceptors (Lipinski definition) is 6. The number of rotatable bonds is 5. The van der Waals surface area contributed by atoms with E-state index in [0.717, 1.165) is 66.4 Å². The third-order valence-electron chi connectivity index (χ3n) is 6.49. The fourth-order valence-electron chi connectivity index (χ4n) is 4.79. The number of pyridine rings is 2. The van der Waals surface area contributed by atoms with Crippen LogP contribution in [0.1, 0.15) is 49.9 Å². The maximum atomic E-state index is 14.4. The minimum Gasteiger partial charge on any atom is -0.354 e. The molecule has 0 aliphatic heterocycles. The van der Waals surface area contributed by atoms with Crippen LogP contribution in [0.2, 0.25) is 0 Å². The average molecular weight is 508 g/mol. The Morgan fingerprint density at radius 3 is 2.69 bits per heavy atom. The highest BCUT2D eigenvalue weighted by atomic mass is 32.2. The Balaban J connectivity index is 1.50. The second-order valence-corrected chi connectivity index (χ2v) is 9.90. The minimum absolute atomic E-state index is 0.00780. The number of nitrogens with zero attached hydrogens (tertiary/aromatic N) is 6. The summed E-state index contributed by atoms with van der Waals surface area (Å²) in [7, 11) is 0. The Kier molecular flexibility index (Phi) is 6.45. The number of carbonyl (C=O) groups excluding carboxylic acids is 1. The molecular formula is C25H23F2N7OS. The van der Waals surface area contributed by atoms with Crippen molar-refractivity contribution < 1.29 is 13.6 Å². The fourth-order valence-corrected chi connectivity index (χ4v) is 5.79. The zero-order valence-electron chi connectivity index (χ0n) is 19.7. The summed E-state index contributed by atoms with van der Waals surface area (Å²) < 4.78 is 31.7. The number of nitriles is 1. The lowest BCUT2D eigenvalue weighted by atomic mass is 9.91. The molecule has 0 unspecified atom stereocenters. The van der Waals surface area contributed by atoms with Crippen molar-refractivity contribution >= 4 is 23.2 Å². The largest absolute Gasteiger partial charge is 0.354 e. The van der Waals surface area contributed by atoms with Gasteiger partial charge in [0.2, 0.25) is 11.9 Å². The minimum atomic E-state index is -0.787. The van der Waals surface area contributed by atoms with Crippen LogP contribution in [0, 0.1) is 30.0 Å². The molecule has 0 atom stereocenters. The summed E-state index contributed by atoms with van der Waals surface area (Å²) in [6.07, 6.45) is 8.63. The smallest absolute Gasteiger partial charge is 0.217 e. The van der Waals surface area contributed by atoms with Crippen LogP contribution in [0.5, 0.6) is 0 Å². The molecule has 4 aromatic heterocycles. The van der Waals surface area contributed by atoms with Crippen molar-refractivity contribution in [3.05, 3.63) is 59.8 Å². The summed E-state index contributed by atoms with van der Waals surface area (Å²) in [6.45, 7) is 3.54. The van der Waals surface area contributed by atoms with Crippen LogP contribution in [0.25, 0.3) is 16.6 Å². The lowest BCUT2D eigenvalue weighted by molar-refractivity contribution is -0.119. The van der Waals surface area contributed by atoms with E-state index in [-0.39, 0.29) is 23.0 Å². The number of amides is 1. The third-order valence-corrected chi connectivity index (χ3v) is 7.50. The standard InChI is InChI=1S/C25H23F2N7OS/c1-14-20(12-30-34(14)19-5-3-18(4-6-19)31-15(2)35)16-9-22(24-17(10-28)11-29-33(24)13-16)36-25-21(26)7-8-23(27)32-25/h7-9,11-13,18-19H,3-6H2,1-2H3,(H,31,35). The highest BCUT2D eigenvalue weighted by Crippen LogP contribution is 2.38. The predicted molar refractivity (Wildman–Crippen MR) is 129 cm³/mol. The van der Waals surface area contributed by atoms with Gasteiger partial charge in [0.1, 0.15) is 11.1 Å². The first-order chi connectivity index (χ1) is 17.3. The number of carbonyl (C=O) groups is 1. The van der Waals surface area contributed by atoms with E-state index >= 15 is 0 Å². The molecule has 11 heteroatoms. The molecule has 1 saturated carbocycles. The van der Waals surface area contributed by atoms with Gasteiger partial charge in [-0.1, -0.05) is 11.8 Å². The lowest BCUT2D eigenvalue weighted by Gasteiger charge is -2.29. The molecule has 1 aliphatic carbocycles. The van der Waals surface area contributed by atoms with Gasteiger partial charge in [0.05, 0.1) is 29.5 Å². The summed E-state index contributed by atoms with van der Waals surface area (Å²) in [6, 6.07) is 6.35. The molecule has 1 N–H and O–H groups in total. The van der Waals surface area contributed by atoms with E-state index in [9.17, 15) is 18.8 Å². The Bertz CT molecular complexity index is 1500. The Hall–Kier alpha value is -3.78. The van der Waals surface area contributed by atoms with Crippen LogP contribution in [0.4, 0.5) is 8.78 Å². The number of hydrogen-bond donors (Lipinski definition) is 1. The molecular weight excluding hydrogens is 484 g/mol. The highest BCUT2D eigenvalue weighted by Gasteiger charge is 2.25. The Labute approximate surface area is 210 Å². The molecule has 4 heterocycles. The van der Waals surface area contributed by atoms with E-state index in [2.05, 4.69) is 26.6 Å². The first kappa shape index (κ1) is 23.9. The molecule has 1 amide bonds. The maximum absolute atomic E-state index is 14.4. The molecule has 0 radical (unpaired) electrons. The van der Waals surface area contributed by atoms with Gasteiger partial charge in [-0.2, -0.15) is 19.8 Å². The predicted octanol–water partition coefficient (Wildman–Crippen LogP) is 4.82. The number of aromatic nitrogens is 5. The van der Waals surface area contributed by atoms with Crippen LogP contribution >= 0.6 is 11.8 Å². The zero-order chi connectivity index (χ0) is 25.4. The topological polar surface area (TPSA) is 101 Å². The Morgan fingerprint density at radius 2 is 1.97 bits per heavy atom. The number of halogens is 2. The summed E-state index contributed by atoms with van der Waals surface area (Å²) in [5.74, 6) is -1.45. The maximum Gasteiger partial charge on any atom is 0.217 e. The van der Waals surface area contributed by atoms with Gasteiger partial charge in [0, 0.05) is 40.9 Å². The lowest BCUT2D eigenvalue weighted by Crippen LogP contribution is -2.36. The molecule has 1 aliphatic rings. The average Bonchev–Trinajstić information content (AvgIpc) is 3.45. The van der Waals surface area contributed by atoms with Gasteiger partial charge in [0.15, 0.2) is 5.82 Å². The van der Waals surface area contributed by atoms with Crippen LogP contribution in [0.15, 0.2) is 46.7 Å². The summed E-state index contributed by atoms with van der Waals surface area (Å²) in [5, 5.41) is 21.4. The SMILES string of the molecule is CC(=O)NC1CCC(n2ncc(-c3cc(Sc4nc(F)ccc4F)c4c(C#N)cnn4c3)c2C)CC1. The fraction of sp³-hybridized carbons (Fsp3) is 0.320. The second kappa shape index (κ2) is 9.70. The van der Waals surface area contributed by atoms with Crippen molar-refractivity contribution in [1.29, 1.82) is 5.26 Å². The van der Waals surface area contributed by atoms with Crippen molar-refractivity contribution in [2.24, 2.45) is 0 Å². The summed E-state index contributed by atoms with van der Waals surface area (Å²) in [4.78, 5) is 15.6. The van der Waals surface area contributed by atoms with Crippen LogP contribution in [-0.2, 0) is 4.79 Å². The van der Waals surface area contributed by atoms with Crippen molar-refractivity contribution in [1.82, 2.24) is 29.7 Å². The molecule has 4 aromatic rings. The van der Waals surface area contributed by atoms with Crippen LogP contribution in [0.3, 0.4) is 0 Å². The molecule has 184 valence electrons. The first-order valence-electron chi connectivity index (χ1n) is 11.6. The van der Waals surface area contributed by atoms with Gasteiger partial charge in [-0.3, -0.25) is 9.48 Å². The van der Waals surface area contributed by atoms with Crippen LogP contribution < -0.4 is 5.32 Å². The normalized spacial score (nSPS) is 17.8. The first-order valence-corrected chi connectivity index (χ1v) is 12.4. The molecule has 1 fully saturated rings. The van der Waals surface area contributed by atoms with Crippen molar-refractivity contribution in [2.45, 2.75) is 61.5 Å². The molecule has 0 bridgehead atoms. The van der Waals surface area contributed by atoms with E-state index in [1.807, 2.05) is 17.7 Å². The molecule has 8 nitrogen and oxygen atoms in total. The quantitative estimate of drug-likeness (QED) is 0.389. The van der Waals surface area contributed by atoms with Gasteiger partial charge < -0.3 is 5.32 Å². The van der Waals surface area contributed by atoms with Crippen molar-refractivity contribution in [3.8, 4) is 17.2 Å². The zero-order valence-corrected chi connectivity index (χ0v) is 20.5. The van der Waals surface area contributed by atoms with E-state index in [1.165, 1.54) is 13.1 Å². The van der Waals surface area contributed by atoms with E-state index < -0.39 is 11.8 Å². The van der Waals surface area contributed by atoms with Gasteiger partial charge in [-0.15, -0.1) is 0 Å². The molecule has 36 heavy (non-hydrogen) atoms.